The highest BCUT2D eigenvalue weighted by Gasteiger charge is 2.08. The Bertz CT molecular complexity index is 660. The average molecular weight is 421 g/mol. The van der Waals surface area contributed by atoms with Crippen LogP contribution in [-0.2, 0) is 19.6 Å². The molecule has 1 aromatic carbocycles. The lowest BCUT2D eigenvalue weighted by Crippen LogP contribution is -2.27. The van der Waals surface area contributed by atoms with Gasteiger partial charge < -0.3 is 20.6 Å². The summed E-state index contributed by atoms with van der Waals surface area (Å²) in [6, 6.07) is 7.00. The van der Waals surface area contributed by atoms with Gasteiger partial charge in [-0.25, -0.2) is 8.42 Å². The van der Waals surface area contributed by atoms with Crippen LogP contribution in [0.1, 0.15) is 52.2 Å². The molecule has 0 aliphatic heterocycles. The SMILES string of the molecule is CC(C)NCC(O)c1ccc(NS(C)(=O)=O)cc1.CCC(=O)O.CCC(=O)O. The van der Waals surface area contributed by atoms with Crippen LogP contribution in [0.2, 0.25) is 0 Å². The molecule has 28 heavy (non-hydrogen) atoms. The molecular weight excluding hydrogens is 388 g/mol. The Morgan fingerprint density at radius 3 is 1.68 bits per heavy atom. The van der Waals surface area contributed by atoms with Crippen molar-refractivity contribution in [1.82, 2.24) is 5.32 Å². The van der Waals surface area contributed by atoms with E-state index in [0.29, 0.717) is 18.3 Å². The van der Waals surface area contributed by atoms with Crippen molar-refractivity contribution in [2.24, 2.45) is 0 Å². The zero-order valence-electron chi connectivity index (χ0n) is 17.0. The molecule has 1 atom stereocenters. The Morgan fingerprint density at radius 2 is 1.39 bits per heavy atom. The van der Waals surface area contributed by atoms with E-state index in [9.17, 15) is 23.1 Å². The van der Waals surface area contributed by atoms with Crippen molar-refractivity contribution in [2.75, 3.05) is 17.5 Å². The first-order valence-electron chi connectivity index (χ1n) is 8.75. The molecule has 1 aromatic rings. The first-order chi connectivity index (χ1) is 12.8. The molecule has 0 aromatic heterocycles. The predicted molar refractivity (Wildman–Crippen MR) is 109 cm³/mol. The van der Waals surface area contributed by atoms with E-state index in [-0.39, 0.29) is 12.8 Å². The summed E-state index contributed by atoms with van der Waals surface area (Å²) < 4.78 is 24.4. The smallest absolute Gasteiger partial charge is 0.303 e. The van der Waals surface area contributed by atoms with Gasteiger partial charge >= 0.3 is 11.9 Å². The fourth-order valence-electron chi connectivity index (χ4n) is 1.45. The molecule has 0 bridgehead atoms. The number of carbonyl (C=O) groups is 2. The third kappa shape index (κ3) is 18.6. The first-order valence-corrected chi connectivity index (χ1v) is 10.6. The van der Waals surface area contributed by atoms with Crippen LogP contribution in [0.15, 0.2) is 24.3 Å². The highest BCUT2D eigenvalue weighted by molar-refractivity contribution is 7.92. The van der Waals surface area contributed by atoms with Gasteiger partial charge in [-0.05, 0) is 17.7 Å². The minimum absolute atomic E-state index is 0.222. The predicted octanol–water partition coefficient (Wildman–Crippen LogP) is 2.05. The molecular formula is C18H32N2O7S. The zero-order chi connectivity index (χ0) is 22.3. The van der Waals surface area contributed by atoms with Gasteiger partial charge in [-0.2, -0.15) is 0 Å². The van der Waals surface area contributed by atoms with Gasteiger partial charge in [0.1, 0.15) is 0 Å². The number of hydrogen-bond donors (Lipinski definition) is 5. The number of carboxylic acid groups (broad SMARTS) is 2. The largest absolute Gasteiger partial charge is 0.481 e. The maximum atomic E-state index is 11.0. The Morgan fingerprint density at radius 1 is 1.00 bits per heavy atom. The van der Waals surface area contributed by atoms with Crippen molar-refractivity contribution in [2.45, 2.75) is 52.7 Å². The number of rotatable bonds is 8. The normalized spacial score (nSPS) is 11.4. The highest BCUT2D eigenvalue weighted by atomic mass is 32.2. The third-order valence-corrected chi connectivity index (χ3v) is 3.53. The lowest BCUT2D eigenvalue weighted by Gasteiger charge is -2.14. The summed E-state index contributed by atoms with van der Waals surface area (Å²) in [6.07, 6.45) is 0.946. The van der Waals surface area contributed by atoms with E-state index in [1.54, 1.807) is 38.1 Å². The molecule has 0 saturated carbocycles. The molecule has 9 nitrogen and oxygen atoms in total. The van der Waals surface area contributed by atoms with Gasteiger partial charge in [0.05, 0.1) is 12.4 Å². The van der Waals surface area contributed by atoms with Gasteiger partial charge in [-0.1, -0.05) is 39.8 Å². The topological polar surface area (TPSA) is 153 Å². The van der Waals surface area contributed by atoms with E-state index in [4.69, 9.17) is 10.2 Å². The summed E-state index contributed by atoms with van der Waals surface area (Å²) in [5.74, 6) is -1.49. The van der Waals surface area contributed by atoms with Crippen molar-refractivity contribution in [1.29, 1.82) is 0 Å². The number of aliphatic hydroxyl groups excluding tert-OH is 1. The summed E-state index contributed by atoms with van der Waals surface area (Å²) in [7, 11) is -3.26. The second-order valence-electron chi connectivity index (χ2n) is 6.07. The first kappa shape index (κ1) is 28.0. The summed E-state index contributed by atoms with van der Waals surface area (Å²) >= 11 is 0. The molecule has 0 heterocycles. The van der Waals surface area contributed by atoms with Crippen molar-refractivity contribution in [3.63, 3.8) is 0 Å². The Kier molecular flexibility index (Phi) is 14.9. The Balaban J connectivity index is 0. The highest BCUT2D eigenvalue weighted by Crippen LogP contribution is 2.16. The van der Waals surface area contributed by atoms with E-state index in [2.05, 4.69) is 10.0 Å². The molecule has 0 aliphatic rings. The van der Waals surface area contributed by atoms with Gasteiger partial charge in [0.2, 0.25) is 10.0 Å². The molecule has 0 radical (unpaired) electrons. The average Bonchev–Trinajstić information content (AvgIpc) is 2.59. The van der Waals surface area contributed by atoms with Crippen LogP contribution >= 0.6 is 0 Å². The fourth-order valence-corrected chi connectivity index (χ4v) is 2.02. The van der Waals surface area contributed by atoms with Crippen LogP contribution in [0.25, 0.3) is 0 Å². The van der Waals surface area contributed by atoms with E-state index in [1.807, 2.05) is 13.8 Å². The quantitative estimate of drug-likeness (QED) is 0.428. The summed E-state index contributed by atoms with van der Waals surface area (Å²) in [4.78, 5) is 18.7. The van der Waals surface area contributed by atoms with Crippen molar-refractivity contribution in [3.8, 4) is 0 Å². The van der Waals surface area contributed by atoms with Gasteiger partial charge in [-0.3, -0.25) is 14.3 Å². The molecule has 162 valence electrons. The van der Waals surface area contributed by atoms with Gasteiger partial charge in [0.25, 0.3) is 0 Å². The maximum absolute atomic E-state index is 11.0. The molecule has 0 saturated heterocycles. The third-order valence-electron chi connectivity index (χ3n) is 2.92. The number of anilines is 1. The molecule has 0 fully saturated rings. The van der Waals surface area contributed by atoms with Gasteiger partial charge in [-0.15, -0.1) is 0 Å². The van der Waals surface area contributed by atoms with Crippen LogP contribution in [0, 0.1) is 0 Å². The number of carboxylic acids is 2. The molecule has 0 aliphatic carbocycles. The summed E-state index contributed by atoms with van der Waals surface area (Å²) in [5.41, 5.74) is 1.24. The van der Waals surface area contributed by atoms with Crippen molar-refractivity contribution in [3.05, 3.63) is 29.8 Å². The summed E-state index contributed by atoms with van der Waals surface area (Å²) in [6.45, 7) is 7.68. The number of benzene rings is 1. The molecule has 1 unspecified atom stereocenters. The molecule has 5 N–H and O–H groups in total. The Labute approximate surface area is 166 Å². The minimum atomic E-state index is -3.26. The lowest BCUT2D eigenvalue weighted by atomic mass is 10.1. The van der Waals surface area contributed by atoms with Crippen LogP contribution < -0.4 is 10.0 Å². The standard InChI is InChI=1S/C12H20N2O3S.2C3H6O2/c1-9(2)13-8-12(15)10-4-6-11(7-5-10)14-18(3,16)17;2*1-2-3(4)5/h4-7,9,12-15H,8H2,1-3H3;2*2H2,1H3,(H,4,5). The van der Waals surface area contributed by atoms with Gasteiger partial charge in [0.15, 0.2) is 0 Å². The number of aliphatic carboxylic acids is 2. The van der Waals surface area contributed by atoms with Crippen LogP contribution in [0.4, 0.5) is 5.69 Å². The minimum Gasteiger partial charge on any atom is -0.481 e. The van der Waals surface area contributed by atoms with E-state index < -0.39 is 28.1 Å². The number of nitrogens with one attached hydrogen (secondary N) is 2. The zero-order valence-corrected chi connectivity index (χ0v) is 17.8. The monoisotopic (exact) mass is 420 g/mol. The van der Waals surface area contributed by atoms with Crippen LogP contribution in [0.5, 0.6) is 0 Å². The van der Waals surface area contributed by atoms with E-state index in [1.165, 1.54) is 0 Å². The van der Waals surface area contributed by atoms with Crippen molar-refractivity contribution < 1.29 is 33.3 Å². The molecule has 10 heteroatoms. The lowest BCUT2D eigenvalue weighted by molar-refractivity contribution is -0.137. The number of aliphatic hydroxyl groups is 1. The fraction of sp³-hybridized carbons (Fsp3) is 0.556. The van der Waals surface area contributed by atoms with E-state index in [0.717, 1.165) is 11.8 Å². The second kappa shape index (κ2) is 14.8. The number of hydrogen-bond acceptors (Lipinski definition) is 6. The molecule has 0 spiro atoms. The Hall–Kier alpha value is -2.17. The van der Waals surface area contributed by atoms with Crippen molar-refractivity contribution >= 4 is 27.6 Å². The van der Waals surface area contributed by atoms with Crippen LogP contribution in [-0.4, -0.2) is 54.5 Å². The molecule has 1 rings (SSSR count). The number of sulfonamides is 1. The van der Waals surface area contributed by atoms with Gasteiger partial charge in [0, 0.05) is 31.1 Å². The maximum Gasteiger partial charge on any atom is 0.303 e. The summed E-state index contributed by atoms with van der Waals surface area (Å²) in [5, 5.41) is 28.5. The second-order valence-corrected chi connectivity index (χ2v) is 7.82. The van der Waals surface area contributed by atoms with Crippen LogP contribution in [0.3, 0.4) is 0 Å². The van der Waals surface area contributed by atoms with E-state index >= 15 is 0 Å². The molecule has 0 amide bonds.